The van der Waals surface area contributed by atoms with E-state index in [0.717, 1.165) is 30.9 Å². The first kappa shape index (κ1) is 13.4. The molecule has 98 valence electrons. The highest BCUT2D eigenvalue weighted by molar-refractivity contribution is 7.99. The standard InChI is InChI=1S/C12H15NO3S2/c1-18(15,16)11-4-2-10(3-5-11)12(14)13-6-8-17-9-7-13/h2-5H,6-9H2,1H3. The maximum Gasteiger partial charge on any atom is 0.253 e. The van der Waals surface area contributed by atoms with Crippen LogP contribution in [0.3, 0.4) is 0 Å². The summed E-state index contributed by atoms with van der Waals surface area (Å²) in [6, 6.07) is 6.14. The molecule has 1 aliphatic rings. The molecule has 1 aliphatic heterocycles. The van der Waals surface area contributed by atoms with Gasteiger partial charge < -0.3 is 4.90 Å². The first-order valence-corrected chi connectivity index (χ1v) is 8.70. The molecular weight excluding hydrogens is 270 g/mol. The molecule has 1 fully saturated rings. The van der Waals surface area contributed by atoms with E-state index in [1.807, 2.05) is 16.7 Å². The molecule has 0 spiro atoms. The van der Waals surface area contributed by atoms with E-state index in [-0.39, 0.29) is 10.8 Å². The molecule has 1 saturated heterocycles. The molecular formula is C12H15NO3S2. The van der Waals surface area contributed by atoms with E-state index in [4.69, 9.17) is 0 Å². The van der Waals surface area contributed by atoms with E-state index in [1.54, 1.807) is 12.1 Å². The summed E-state index contributed by atoms with van der Waals surface area (Å²) in [5.74, 6) is 1.91. The molecule has 0 unspecified atom stereocenters. The summed E-state index contributed by atoms with van der Waals surface area (Å²) in [5, 5.41) is 0. The van der Waals surface area contributed by atoms with E-state index in [1.165, 1.54) is 12.1 Å². The summed E-state index contributed by atoms with van der Waals surface area (Å²) in [5.41, 5.74) is 0.550. The normalized spacial score (nSPS) is 16.6. The molecule has 2 rings (SSSR count). The van der Waals surface area contributed by atoms with Gasteiger partial charge >= 0.3 is 0 Å². The Morgan fingerprint density at radius 2 is 1.72 bits per heavy atom. The van der Waals surface area contributed by atoms with Gasteiger partial charge in [0.25, 0.3) is 5.91 Å². The third-order valence-electron chi connectivity index (χ3n) is 2.83. The van der Waals surface area contributed by atoms with E-state index in [9.17, 15) is 13.2 Å². The number of rotatable bonds is 2. The number of hydrogen-bond acceptors (Lipinski definition) is 4. The lowest BCUT2D eigenvalue weighted by Crippen LogP contribution is -2.37. The van der Waals surface area contributed by atoms with E-state index in [2.05, 4.69) is 0 Å². The van der Waals surface area contributed by atoms with Crippen LogP contribution in [-0.4, -0.2) is 50.1 Å². The Bertz CT molecular complexity index is 531. The van der Waals surface area contributed by atoms with Crippen LogP contribution in [0.4, 0.5) is 0 Å². The van der Waals surface area contributed by atoms with Crippen molar-refractivity contribution < 1.29 is 13.2 Å². The lowest BCUT2D eigenvalue weighted by atomic mass is 10.2. The lowest BCUT2D eigenvalue weighted by molar-refractivity contribution is 0.0772. The Kier molecular flexibility index (Phi) is 3.97. The van der Waals surface area contributed by atoms with Gasteiger partial charge in [0, 0.05) is 36.4 Å². The fourth-order valence-corrected chi connectivity index (χ4v) is 3.33. The molecule has 0 N–H and O–H groups in total. The zero-order valence-electron chi connectivity index (χ0n) is 10.1. The summed E-state index contributed by atoms with van der Waals surface area (Å²) < 4.78 is 22.6. The maximum atomic E-state index is 12.1. The van der Waals surface area contributed by atoms with Crippen molar-refractivity contribution >= 4 is 27.5 Å². The molecule has 6 heteroatoms. The summed E-state index contributed by atoms with van der Waals surface area (Å²) in [7, 11) is -3.20. The SMILES string of the molecule is CS(=O)(=O)c1ccc(C(=O)N2CCSCC2)cc1. The summed E-state index contributed by atoms with van der Waals surface area (Å²) in [6.45, 7) is 1.52. The molecule has 18 heavy (non-hydrogen) atoms. The van der Waals surface area contributed by atoms with Gasteiger partial charge in [0.05, 0.1) is 4.90 Å². The van der Waals surface area contributed by atoms with Crippen molar-refractivity contribution in [1.29, 1.82) is 0 Å². The molecule has 0 aliphatic carbocycles. The van der Waals surface area contributed by atoms with Gasteiger partial charge in [-0.25, -0.2) is 8.42 Å². The monoisotopic (exact) mass is 285 g/mol. The predicted octanol–water partition coefficient (Wildman–Crippen LogP) is 1.28. The molecule has 0 saturated carbocycles. The van der Waals surface area contributed by atoms with Gasteiger partial charge in [-0.15, -0.1) is 0 Å². The van der Waals surface area contributed by atoms with Crippen molar-refractivity contribution in [3.63, 3.8) is 0 Å². The molecule has 1 heterocycles. The Hall–Kier alpha value is -1.01. The van der Waals surface area contributed by atoms with Crippen LogP contribution in [0.1, 0.15) is 10.4 Å². The van der Waals surface area contributed by atoms with Crippen LogP contribution in [0.2, 0.25) is 0 Å². The number of sulfone groups is 1. The van der Waals surface area contributed by atoms with Crippen LogP contribution >= 0.6 is 11.8 Å². The number of nitrogens with zero attached hydrogens (tertiary/aromatic N) is 1. The van der Waals surface area contributed by atoms with Gasteiger partial charge in [-0.3, -0.25) is 4.79 Å². The Morgan fingerprint density at radius 3 is 2.22 bits per heavy atom. The first-order chi connectivity index (χ1) is 8.48. The highest BCUT2D eigenvalue weighted by Crippen LogP contribution is 2.15. The van der Waals surface area contributed by atoms with Gasteiger partial charge in [-0.05, 0) is 24.3 Å². The van der Waals surface area contributed by atoms with Crippen molar-refractivity contribution in [3.05, 3.63) is 29.8 Å². The zero-order chi connectivity index (χ0) is 13.2. The second-order valence-electron chi connectivity index (χ2n) is 4.20. The molecule has 0 aromatic heterocycles. The zero-order valence-corrected chi connectivity index (χ0v) is 11.8. The average molecular weight is 285 g/mol. The highest BCUT2D eigenvalue weighted by atomic mass is 32.2. The molecule has 0 atom stereocenters. The molecule has 1 amide bonds. The number of benzene rings is 1. The lowest BCUT2D eigenvalue weighted by Gasteiger charge is -2.26. The van der Waals surface area contributed by atoms with Gasteiger partial charge in [-0.1, -0.05) is 0 Å². The number of amides is 1. The van der Waals surface area contributed by atoms with Gasteiger partial charge in [0.15, 0.2) is 9.84 Å². The minimum absolute atomic E-state index is 0.0182. The number of thioether (sulfide) groups is 1. The third kappa shape index (κ3) is 3.05. The number of carbonyl (C=O) groups is 1. The van der Waals surface area contributed by atoms with Gasteiger partial charge in [-0.2, -0.15) is 11.8 Å². The van der Waals surface area contributed by atoms with Gasteiger partial charge in [0.2, 0.25) is 0 Å². The fraction of sp³-hybridized carbons (Fsp3) is 0.417. The topological polar surface area (TPSA) is 54.5 Å². The van der Waals surface area contributed by atoms with Crippen molar-refractivity contribution in [3.8, 4) is 0 Å². The second kappa shape index (κ2) is 5.32. The molecule has 0 bridgehead atoms. The van der Waals surface area contributed by atoms with Gasteiger partial charge in [0.1, 0.15) is 0 Å². The van der Waals surface area contributed by atoms with Crippen LogP contribution in [-0.2, 0) is 9.84 Å². The van der Waals surface area contributed by atoms with Crippen LogP contribution in [0, 0.1) is 0 Å². The second-order valence-corrected chi connectivity index (χ2v) is 7.44. The van der Waals surface area contributed by atoms with Crippen molar-refractivity contribution in [2.45, 2.75) is 4.90 Å². The number of carbonyl (C=O) groups excluding carboxylic acids is 1. The minimum atomic E-state index is -3.20. The smallest absolute Gasteiger partial charge is 0.253 e. The molecule has 1 aromatic carbocycles. The minimum Gasteiger partial charge on any atom is -0.337 e. The van der Waals surface area contributed by atoms with Crippen LogP contribution in [0.15, 0.2) is 29.2 Å². The largest absolute Gasteiger partial charge is 0.337 e. The van der Waals surface area contributed by atoms with Crippen LogP contribution in [0.5, 0.6) is 0 Å². The van der Waals surface area contributed by atoms with E-state index in [0.29, 0.717) is 5.56 Å². The fourth-order valence-electron chi connectivity index (χ4n) is 1.79. The van der Waals surface area contributed by atoms with E-state index >= 15 is 0 Å². The summed E-state index contributed by atoms with van der Waals surface area (Å²) in [4.78, 5) is 14.2. The van der Waals surface area contributed by atoms with Crippen molar-refractivity contribution in [2.75, 3.05) is 30.9 Å². The average Bonchev–Trinajstić information content (AvgIpc) is 2.38. The molecule has 0 radical (unpaired) electrons. The van der Waals surface area contributed by atoms with Crippen molar-refractivity contribution in [1.82, 2.24) is 4.90 Å². The van der Waals surface area contributed by atoms with E-state index < -0.39 is 9.84 Å². The Morgan fingerprint density at radius 1 is 1.17 bits per heavy atom. The molecule has 1 aromatic rings. The third-order valence-corrected chi connectivity index (χ3v) is 4.90. The Balaban J connectivity index is 2.16. The van der Waals surface area contributed by atoms with Crippen molar-refractivity contribution in [2.24, 2.45) is 0 Å². The first-order valence-electron chi connectivity index (χ1n) is 5.65. The predicted molar refractivity (Wildman–Crippen MR) is 72.8 cm³/mol. The van der Waals surface area contributed by atoms with Crippen LogP contribution in [0.25, 0.3) is 0 Å². The number of hydrogen-bond donors (Lipinski definition) is 0. The van der Waals surface area contributed by atoms with Crippen LogP contribution < -0.4 is 0 Å². The molecule has 4 nitrogen and oxygen atoms in total. The summed E-state index contributed by atoms with van der Waals surface area (Å²) >= 11 is 1.84. The highest BCUT2D eigenvalue weighted by Gasteiger charge is 2.18. The summed E-state index contributed by atoms with van der Waals surface area (Å²) in [6.07, 6.45) is 1.16. The quantitative estimate of drug-likeness (QED) is 0.821. The Labute approximate surface area is 111 Å². The maximum absolute atomic E-state index is 12.1.